The zero-order valence-electron chi connectivity index (χ0n) is 11.5. The summed E-state index contributed by atoms with van der Waals surface area (Å²) in [5.41, 5.74) is 2.06. The first kappa shape index (κ1) is 13.8. The van der Waals surface area contributed by atoms with Crippen LogP contribution in [-0.2, 0) is 11.2 Å². The molecule has 0 aliphatic heterocycles. The van der Waals surface area contributed by atoms with Gasteiger partial charge in [0, 0.05) is 11.8 Å². The zero-order valence-corrected chi connectivity index (χ0v) is 11.5. The van der Waals surface area contributed by atoms with Crippen LogP contribution in [0, 0.1) is 12.3 Å². The van der Waals surface area contributed by atoms with Crippen molar-refractivity contribution in [2.45, 2.75) is 40.5 Å². The third-order valence-corrected chi connectivity index (χ3v) is 2.89. The van der Waals surface area contributed by atoms with E-state index in [1.54, 1.807) is 7.11 Å². The van der Waals surface area contributed by atoms with E-state index in [1.165, 1.54) is 5.56 Å². The summed E-state index contributed by atoms with van der Waals surface area (Å²) >= 11 is 0. The molecule has 0 aliphatic carbocycles. The molecule has 0 aliphatic rings. The first-order valence-electron chi connectivity index (χ1n) is 6.01. The van der Waals surface area contributed by atoms with E-state index in [0.717, 1.165) is 17.7 Å². The van der Waals surface area contributed by atoms with Crippen LogP contribution in [0.5, 0.6) is 5.75 Å². The van der Waals surface area contributed by atoms with Crippen LogP contribution >= 0.6 is 0 Å². The molecule has 1 aromatic rings. The van der Waals surface area contributed by atoms with Crippen molar-refractivity contribution in [1.82, 2.24) is 0 Å². The largest absolute Gasteiger partial charge is 0.496 e. The number of hydrogen-bond acceptors (Lipinski definition) is 2. The predicted octanol–water partition coefficient (Wildman–Crippen LogP) is 3.55. The van der Waals surface area contributed by atoms with Gasteiger partial charge in [-0.2, -0.15) is 0 Å². The standard InChI is InChI=1S/C15H22O2/c1-11-6-8-13(17-5)12(10-11)7-9-14(16)15(2,3)4/h6,8,10H,7,9H2,1-5H3. The van der Waals surface area contributed by atoms with Crippen molar-refractivity contribution in [3.05, 3.63) is 29.3 Å². The van der Waals surface area contributed by atoms with E-state index in [4.69, 9.17) is 4.74 Å². The van der Waals surface area contributed by atoms with E-state index in [1.807, 2.05) is 32.9 Å². The Morgan fingerprint density at radius 2 is 1.94 bits per heavy atom. The molecular weight excluding hydrogens is 212 g/mol. The van der Waals surface area contributed by atoms with Crippen LogP contribution in [0.3, 0.4) is 0 Å². The second-order valence-corrected chi connectivity index (χ2v) is 5.49. The SMILES string of the molecule is COc1ccc(C)cc1CCC(=O)C(C)(C)C. The molecule has 2 nitrogen and oxygen atoms in total. The number of ketones is 1. The molecule has 0 bridgehead atoms. The molecule has 1 aromatic carbocycles. The quantitative estimate of drug-likeness (QED) is 0.796. The smallest absolute Gasteiger partial charge is 0.138 e. The van der Waals surface area contributed by atoms with Crippen LogP contribution in [-0.4, -0.2) is 12.9 Å². The minimum atomic E-state index is -0.253. The lowest BCUT2D eigenvalue weighted by Crippen LogP contribution is -2.20. The van der Waals surface area contributed by atoms with Gasteiger partial charge < -0.3 is 4.74 Å². The number of rotatable bonds is 4. The predicted molar refractivity (Wildman–Crippen MR) is 70.5 cm³/mol. The van der Waals surface area contributed by atoms with Gasteiger partial charge in [0.2, 0.25) is 0 Å². The highest BCUT2D eigenvalue weighted by atomic mass is 16.5. The molecule has 0 amide bonds. The molecule has 0 heterocycles. The fourth-order valence-corrected chi connectivity index (χ4v) is 1.73. The number of ether oxygens (including phenoxy) is 1. The van der Waals surface area contributed by atoms with Gasteiger partial charge in [-0.1, -0.05) is 38.5 Å². The highest BCUT2D eigenvalue weighted by molar-refractivity contribution is 5.83. The minimum Gasteiger partial charge on any atom is -0.496 e. The Morgan fingerprint density at radius 3 is 2.47 bits per heavy atom. The van der Waals surface area contributed by atoms with Crippen LogP contribution < -0.4 is 4.74 Å². The molecule has 17 heavy (non-hydrogen) atoms. The number of benzene rings is 1. The number of methoxy groups -OCH3 is 1. The van der Waals surface area contributed by atoms with Gasteiger partial charge in [-0.15, -0.1) is 0 Å². The molecule has 0 N–H and O–H groups in total. The fourth-order valence-electron chi connectivity index (χ4n) is 1.73. The summed E-state index contributed by atoms with van der Waals surface area (Å²) in [6.45, 7) is 7.93. The number of aryl methyl sites for hydroxylation is 2. The van der Waals surface area contributed by atoms with E-state index in [9.17, 15) is 4.79 Å². The third kappa shape index (κ3) is 3.88. The maximum Gasteiger partial charge on any atom is 0.138 e. The van der Waals surface area contributed by atoms with Crippen LogP contribution in [0.1, 0.15) is 38.3 Å². The van der Waals surface area contributed by atoms with E-state index < -0.39 is 0 Å². The van der Waals surface area contributed by atoms with E-state index in [-0.39, 0.29) is 5.41 Å². The number of hydrogen-bond donors (Lipinski definition) is 0. The van der Waals surface area contributed by atoms with Crippen LogP contribution in [0.2, 0.25) is 0 Å². The van der Waals surface area contributed by atoms with Crippen molar-refractivity contribution in [3.8, 4) is 5.75 Å². The third-order valence-electron chi connectivity index (χ3n) is 2.89. The molecule has 2 heteroatoms. The summed E-state index contributed by atoms with van der Waals surface area (Å²) in [7, 11) is 1.67. The van der Waals surface area contributed by atoms with Crippen molar-refractivity contribution in [3.63, 3.8) is 0 Å². The lowest BCUT2D eigenvalue weighted by atomic mass is 9.87. The first-order chi connectivity index (χ1) is 7.84. The number of carbonyl (C=O) groups is 1. The highest BCUT2D eigenvalue weighted by Gasteiger charge is 2.20. The zero-order chi connectivity index (χ0) is 13.1. The molecule has 0 unspecified atom stereocenters. The van der Waals surface area contributed by atoms with Gasteiger partial charge in [-0.25, -0.2) is 0 Å². The normalized spacial score (nSPS) is 11.4. The molecule has 0 saturated carbocycles. The average Bonchev–Trinajstić information content (AvgIpc) is 2.24. The molecule has 1 rings (SSSR count). The van der Waals surface area contributed by atoms with Gasteiger partial charge in [-0.05, 0) is 25.0 Å². The molecule has 0 radical (unpaired) electrons. The Labute approximate surface area is 104 Å². The Bertz CT molecular complexity index is 400. The van der Waals surface area contributed by atoms with E-state index in [2.05, 4.69) is 13.0 Å². The Morgan fingerprint density at radius 1 is 1.29 bits per heavy atom. The fraction of sp³-hybridized carbons (Fsp3) is 0.533. The molecule has 0 aromatic heterocycles. The summed E-state index contributed by atoms with van der Waals surface area (Å²) in [6, 6.07) is 6.08. The number of Topliss-reactive ketones (excluding diaryl/α,β-unsaturated/α-hetero) is 1. The summed E-state index contributed by atoms with van der Waals surface area (Å²) in [5, 5.41) is 0. The maximum atomic E-state index is 11.9. The van der Waals surface area contributed by atoms with E-state index >= 15 is 0 Å². The molecule has 0 fully saturated rings. The van der Waals surface area contributed by atoms with Gasteiger partial charge >= 0.3 is 0 Å². The first-order valence-corrected chi connectivity index (χ1v) is 6.01. The van der Waals surface area contributed by atoms with Crippen molar-refractivity contribution in [2.75, 3.05) is 7.11 Å². The van der Waals surface area contributed by atoms with Gasteiger partial charge in [0.25, 0.3) is 0 Å². The molecular formula is C15H22O2. The molecule has 0 atom stereocenters. The van der Waals surface area contributed by atoms with Crippen LogP contribution in [0.4, 0.5) is 0 Å². The van der Waals surface area contributed by atoms with Crippen LogP contribution in [0.25, 0.3) is 0 Å². The minimum absolute atomic E-state index is 0.253. The molecule has 94 valence electrons. The highest BCUT2D eigenvalue weighted by Crippen LogP contribution is 2.24. The van der Waals surface area contributed by atoms with E-state index in [0.29, 0.717) is 12.2 Å². The maximum absolute atomic E-state index is 11.9. The summed E-state index contributed by atoms with van der Waals surface area (Å²) in [6.07, 6.45) is 1.32. The van der Waals surface area contributed by atoms with Crippen molar-refractivity contribution in [1.29, 1.82) is 0 Å². The van der Waals surface area contributed by atoms with Gasteiger partial charge in [0.15, 0.2) is 0 Å². The monoisotopic (exact) mass is 234 g/mol. The Balaban J connectivity index is 2.75. The lowest BCUT2D eigenvalue weighted by molar-refractivity contribution is -0.126. The van der Waals surface area contributed by atoms with Crippen molar-refractivity contribution in [2.24, 2.45) is 5.41 Å². The van der Waals surface area contributed by atoms with Crippen molar-refractivity contribution < 1.29 is 9.53 Å². The average molecular weight is 234 g/mol. The Hall–Kier alpha value is -1.31. The summed E-state index contributed by atoms with van der Waals surface area (Å²) in [4.78, 5) is 11.9. The second-order valence-electron chi connectivity index (χ2n) is 5.49. The van der Waals surface area contributed by atoms with Crippen molar-refractivity contribution >= 4 is 5.78 Å². The number of carbonyl (C=O) groups excluding carboxylic acids is 1. The topological polar surface area (TPSA) is 26.3 Å². The molecule has 0 spiro atoms. The van der Waals surface area contributed by atoms with Gasteiger partial charge in [0.05, 0.1) is 7.11 Å². The lowest BCUT2D eigenvalue weighted by Gasteiger charge is -2.17. The van der Waals surface area contributed by atoms with Gasteiger partial charge in [-0.3, -0.25) is 4.79 Å². The van der Waals surface area contributed by atoms with Gasteiger partial charge in [0.1, 0.15) is 11.5 Å². The Kier molecular flexibility index (Phi) is 4.33. The molecule has 0 saturated heterocycles. The summed E-state index contributed by atoms with van der Waals surface area (Å²) < 4.78 is 5.31. The summed E-state index contributed by atoms with van der Waals surface area (Å²) in [5.74, 6) is 1.17. The van der Waals surface area contributed by atoms with Crippen LogP contribution in [0.15, 0.2) is 18.2 Å². The second kappa shape index (κ2) is 5.35.